The van der Waals surface area contributed by atoms with E-state index in [1.807, 2.05) is 54.6 Å². The minimum absolute atomic E-state index is 0.0461. The Morgan fingerprint density at radius 2 is 1.88 bits per heavy atom. The molecule has 0 saturated carbocycles. The second kappa shape index (κ2) is 9.65. The van der Waals surface area contributed by atoms with Gasteiger partial charge >= 0.3 is 12.1 Å². The Kier molecular flexibility index (Phi) is 6.51. The number of aliphatic hydroxyl groups excluding tert-OH is 1. The summed E-state index contributed by atoms with van der Waals surface area (Å²) in [6.07, 6.45) is 0.409. The summed E-state index contributed by atoms with van der Waals surface area (Å²) in [5.41, 5.74) is 2.38. The van der Waals surface area contributed by atoms with Gasteiger partial charge in [0.05, 0.1) is 0 Å². The number of nitrogens with one attached hydrogen (secondary N) is 1. The number of amides is 1. The quantitative estimate of drug-likeness (QED) is 0.388. The van der Waals surface area contributed by atoms with Gasteiger partial charge in [0.25, 0.3) is 0 Å². The highest BCUT2D eigenvalue weighted by molar-refractivity contribution is 5.95. The van der Waals surface area contributed by atoms with Crippen molar-refractivity contribution in [1.82, 2.24) is 10.3 Å². The summed E-state index contributed by atoms with van der Waals surface area (Å²) in [5, 5.41) is 13.0. The van der Waals surface area contributed by atoms with Crippen molar-refractivity contribution in [2.75, 3.05) is 6.61 Å². The third kappa shape index (κ3) is 5.15. The minimum atomic E-state index is -0.919. The Balaban J connectivity index is 1.26. The molecule has 1 aliphatic rings. The number of carbonyl (C=O) groups excluding carboxylic acids is 2. The molecule has 1 fully saturated rings. The average Bonchev–Trinajstić information content (AvgIpc) is 3.34. The van der Waals surface area contributed by atoms with Crippen LogP contribution in [-0.2, 0) is 16.0 Å². The van der Waals surface area contributed by atoms with Crippen molar-refractivity contribution in [3.63, 3.8) is 0 Å². The van der Waals surface area contributed by atoms with Gasteiger partial charge in [0.2, 0.25) is 5.89 Å². The molecule has 1 aliphatic heterocycles. The van der Waals surface area contributed by atoms with Gasteiger partial charge in [-0.1, -0.05) is 30.3 Å². The summed E-state index contributed by atoms with van der Waals surface area (Å²) >= 11 is 0. The molecule has 3 aromatic rings. The fraction of sp³-hybridized carbons (Fsp3) is 0.292. The van der Waals surface area contributed by atoms with Crippen molar-refractivity contribution in [2.45, 2.75) is 38.3 Å². The molecule has 2 unspecified atom stereocenters. The van der Waals surface area contributed by atoms with E-state index in [0.717, 1.165) is 24.0 Å². The van der Waals surface area contributed by atoms with Crippen molar-refractivity contribution in [3.05, 3.63) is 71.6 Å². The zero-order valence-electron chi connectivity index (χ0n) is 17.6. The number of alkyl carbamates (subject to hydrolysis) is 1. The Labute approximate surface area is 185 Å². The average molecular weight is 436 g/mol. The Bertz CT molecular complexity index is 1080. The lowest BCUT2D eigenvalue weighted by molar-refractivity contribution is -0.135. The number of nitrogens with zero attached hydrogens (tertiary/aromatic N) is 1. The number of rotatable bonds is 9. The van der Waals surface area contributed by atoms with Crippen molar-refractivity contribution in [1.29, 1.82) is 0 Å². The smallest absolute Gasteiger partial charge is 0.415 e. The topological polar surface area (TPSA) is 111 Å². The van der Waals surface area contributed by atoms with Gasteiger partial charge in [-0.2, -0.15) is 0 Å². The van der Waals surface area contributed by atoms with E-state index >= 15 is 0 Å². The largest absolute Gasteiger partial charge is 0.490 e. The molecule has 32 heavy (non-hydrogen) atoms. The maximum absolute atomic E-state index is 11.4. The van der Waals surface area contributed by atoms with Crippen LogP contribution in [-0.4, -0.2) is 34.8 Å². The molecule has 1 saturated heterocycles. The van der Waals surface area contributed by atoms with Gasteiger partial charge in [0.15, 0.2) is 0 Å². The number of ether oxygens (including phenoxy) is 2. The molecule has 2 atom stereocenters. The number of oxazole rings is 1. The number of aliphatic hydroxyl groups is 1. The van der Waals surface area contributed by atoms with Crippen LogP contribution in [0.1, 0.15) is 36.0 Å². The number of benzene rings is 2. The Morgan fingerprint density at radius 3 is 2.56 bits per heavy atom. The van der Waals surface area contributed by atoms with Gasteiger partial charge in [0.1, 0.15) is 36.0 Å². The Morgan fingerprint density at radius 1 is 1.12 bits per heavy atom. The van der Waals surface area contributed by atoms with E-state index in [2.05, 4.69) is 15.0 Å². The van der Waals surface area contributed by atoms with Gasteiger partial charge in [0, 0.05) is 5.56 Å². The lowest BCUT2D eigenvalue weighted by Gasteiger charge is -2.11. The maximum Gasteiger partial charge on any atom is 0.415 e. The summed E-state index contributed by atoms with van der Waals surface area (Å²) in [7, 11) is 0. The monoisotopic (exact) mass is 436 g/mol. The molecule has 1 aromatic heterocycles. The first-order chi connectivity index (χ1) is 15.5. The van der Waals surface area contributed by atoms with Crippen LogP contribution >= 0.6 is 0 Å². The zero-order valence-corrected chi connectivity index (χ0v) is 17.6. The number of hydrogen-bond acceptors (Lipinski definition) is 7. The highest BCUT2D eigenvalue weighted by atomic mass is 16.6. The summed E-state index contributed by atoms with van der Waals surface area (Å²) in [6, 6.07) is 16.5. The molecule has 2 aromatic carbocycles. The van der Waals surface area contributed by atoms with E-state index in [1.54, 1.807) is 6.92 Å². The molecule has 8 nitrogen and oxygen atoms in total. The molecule has 4 rings (SSSR count). The molecular formula is C24H24N2O6. The molecule has 166 valence electrons. The number of cyclic esters (lactones) is 2. The standard InChI is InChI=1S/C24H24N2O6/c1-15-21(26-22(31-15)17-7-3-2-4-8-17)20(27)14-30-18-12-10-16(11-13-18)6-5-9-19-23(28)32-24(29)25-19/h2-4,7-8,10-13,19-20,27H,5-6,9,14H2,1H3,(H,25,29). The molecule has 8 heteroatoms. The Hall–Kier alpha value is -3.65. The SMILES string of the molecule is Cc1oc(-c2ccccc2)nc1C(O)COc1ccc(CCCC2NC(=O)OC2=O)cc1. The number of aromatic nitrogens is 1. The van der Waals surface area contributed by atoms with E-state index in [4.69, 9.17) is 9.15 Å². The zero-order chi connectivity index (χ0) is 22.5. The van der Waals surface area contributed by atoms with Gasteiger partial charge in [-0.25, -0.2) is 14.6 Å². The summed E-state index contributed by atoms with van der Waals surface area (Å²) in [6.45, 7) is 1.81. The van der Waals surface area contributed by atoms with Gasteiger partial charge in [-0.15, -0.1) is 0 Å². The van der Waals surface area contributed by atoms with Crippen LogP contribution in [0.3, 0.4) is 0 Å². The predicted molar refractivity (Wildman–Crippen MR) is 115 cm³/mol. The highest BCUT2D eigenvalue weighted by Crippen LogP contribution is 2.26. The van der Waals surface area contributed by atoms with Gasteiger partial charge < -0.3 is 24.3 Å². The molecule has 0 spiro atoms. The number of aryl methyl sites for hydroxylation is 2. The molecule has 1 amide bonds. The first kappa shape index (κ1) is 21.6. The third-order valence-electron chi connectivity index (χ3n) is 5.23. The van der Waals surface area contributed by atoms with E-state index < -0.39 is 24.2 Å². The van der Waals surface area contributed by atoms with E-state index in [9.17, 15) is 14.7 Å². The first-order valence-electron chi connectivity index (χ1n) is 10.4. The van der Waals surface area contributed by atoms with Crippen LogP contribution < -0.4 is 10.1 Å². The number of esters is 1. The van der Waals surface area contributed by atoms with Crippen LogP contribution in [0, 0.1) is 6.92 Å². The molecular weight excluding hydrogens is 412 g/mol. The van der Waals surface area contributed by atoms with Crippen LogP contribution in [0.15, 0.2) is 59.0 Å². The fourth-order valence-corrected chi connectivity index (χ4v) is 3.52. The first-order valence-corrected chi connectivity index (χ1v) is 10.4. The van der Waals surface area contributed by atoms with E-state index in [1.165, 1.54) is 0 Å². The predicted octanol–water partition coefficient (Wildman–Crippen LogP) is 3.72. The van der Waals surface area contributed by atoms with Crippen molar-refractivity contribution in [2.24, 2.45) is 0 Å². The fourth-order valence-electron chi connectivity index (χ4n) is 3.52. The second-order valence-electron chi connectivity index (χ2n) is 7.59. The lowest BCUT2D eigenvalue weighted by Crippen LogP contribution is -2.28. The van der Waals surface area contributed by atoms with Crippen molar-refractivity contribution < 1.29 is 28.6 Å². The van der Waals surface area contributed by atoms with Crippen molar-refractivity contribution in [3.8, 4) is 17.2 Å². The molecule has 2 N–H and O–H groups in total. The second-order valence-corrected chi connectivity index (χ2v) is 7.59. The normalized spacial score (nSPS) is 16.5. The van der Waals surface area contributed by atoms with Crippen LogP contribution in [0.5, 0.6) is 5.75 Å². The molecule has 0 bridgehead atoms. The number of hydrogen-bond donors (Lipinski definition) is 2. The summed E-state index contributed by atoms with van der Waals surface area (Å²) < 4.78 is 15.9. The maximum atomic E-state index is 11.4. The minimum Gasteiger partial charge on any atom is -0.490 e. The van der Waals surface area contributed by atoms with Crippen LogP contribution in [0.2, 0.25) is 0 Å². The van der Waals surface area contributed by atoms with Crippen molar-refractivity contribution >= 4 is 12.1 Å². The molecule has 0 aliphatic carbocycles. The third-order valence-corrected chi connectivity index (χ3v) is 5.23. The summed E-state index contributed by atoms with van der Waals surface area (Å²) in [4.78, 5) is 26.9. The summed E-state index contributed by atoms with van der Waals surface area (Å²) in [5.74, 6) is 1.13. The molecule has 2 heterocycles. The lowest BCUT2D eigenvalue weighted by atomic mass is 10.0. The highest BCUT2D eigenvalue weighted by Gasteiger charge is 2.31. The van der Waals surface area contributed by atoms with E-state index in [-0.39, 0.29) is 6.61 Å². The van der Waals surface area contributed by atoms with Crippen LogP contribution in [0.25, 0.3) is 11.5 Å². The number of carbonyl (C=O) groups is 2. The van der Waals surface area contributed by atoms with Gasteiger partial charge in [-0.05, 0) is 56.0 Å². The van der Waals surface area contributed by atoms with Gasteiger partial charge in [-0.3, -0.25) is 0 Å². The van der Waals surface area contributed by atoms with Crippen LogP contribution in [0.4, 0.5) is 4.79 Å². The van der Waals surface area contributed by atoms with E-state index in [0.29, 0.717) is 29.5 Å². The molecule has 0 radical (unpaired) electrons.